The van der Waals surface area contributed by atoms with Crippen LogP contribution in [0.25, 0.3) is 11.3 Å². The molecule has 0 saturated carbocycles. The van der Waals surface area contributed by atoms with Crippen molar-refractivity contribution in [2.75, 3.05) is 11.9 Å². The molecular formula is C17H23ClN4O2S. The monoisotopic (exact) mass is 382 g/mol. The van der Waals surface area contributed by atoms with Gasteiger partial charge in [-0.15, -0.1) is 23.7 Å². The highest BCUT2D eigenvalue weighted by atomic mass is 35.5. The molecule has 2 aromatic rings. The quantitative estimate of drug-likeness (QED) is 0.715. The minimum atomic E-state index is -0.620. The number of nitrogens with zero attached hydrogens (tertiary/aromatic N) is 1. The molecule has 25 heavy (non-hydrogen) atoms. The summed E-state index contributed by atoms with van der Waals surface area (Å²) in [5.41, 5.74) is 8.70. The van der Waals surface area contributed by atoms with E-state index in [4.69, 9.17) is 5.73 Å². The van der Waals surface area contributed by atoms with Gasteiger partial charge in [0.05, 0.1) is 18.3 Å². The van der Waals surface area contributed by atoms with Gasteiger partial charge in [0.2, 0.25) is 11.8 Å². The van der Waals surface area contributed by atoms with Gasteiger partial charge in [0, 0.05) is 10.9 Å². The van der Waals surface area contributed by atoms with Gasteiger partial charge >= 0.3 is 0 Å². The van der Waals surface area contributed by atoms with E-state index in [1.165, 1.54) is 11.3 Å². The standard InChI is InChI=1S/C17H22N4O2S.ClH/c1-10(2)15(18)16(23)19-8-14(22)21-17-20-13(9-24-17)12-7-5-4-6-11(12)3;/h4-7,9-10,15H,8,18H2,1-3H3,(H,19,23)(H,20,21,22);1H/t15-;/m0./s1. The zero-order valence-electron chi connectivity index (χ0n) is 14.4. The summed E-state index contributed by atoms with van der Waals surface area (Å²) in [6, 6.07) is 7.31. The Hall–Kier alpha value is -1.96. The van der Waals surface area contributed by atoms with E-state index in [1.54, 1.807) is 0 Å². The first-order valence-electron chi connectivity index (χ1n) is 7.73. The van der Waals surface area contributed by atoms with Crippen LogP contribution >= 0.6 is 23.7 Å². The summed E-state index contributed by atoms with van der Waals surface area (Å²) in [6.07, 6.45) is 0. The van der Waals surface area contributed by atoms with Crippen LogP contribution in [0.1, 0.15) is 19.4 Å². The molecule has 6 nitrogen and oxygen atoms in total. The van der Waals surface area contributed by atoms with Crippen molar-refractivity contribution in [3.05, 3.63) is 35.2 Å². The molecule has 0 unspecified atom stereocenters. The molecule has 0 bridgehead atoms. The largest absolute Gasteiger partial charge is 0.346 e. The third-order valence-electron chi connectivity index (χ3n) is 3.62. The van der Waals surface area contributed by atoms with Crippen molar-refractivity contribution in [2.45, 2.75) is 26.8 Å². The van der Waals surface area contributed by atoms with Crippen molar-refractivity contribution >= 4 is 40.7 Å². The fourth-order valence-electron chi connectivity index (χ4n) is 2.07. The maximum absolute atomic E-state index is 11.9. The number of benzene rings is 1. The molecule has 136 valence electrons. The van der Waals surface area contributed by atoms with Gasteiger partial charge in [-0.1, -0.05) is 38.1 Å². The Morgan fingerprint density at radius 1 is 1.28 bits per heavy atom. The Morgan fingerprint density at radius 2 is 1.96 bits per heavy atom. The number of hydrogen-bond donors (Lipinski definition) is 3. The van der Waals surface area contributed by atoms with E-state index in [0.717, 1.165) is 16.8 Å². The van der Waals surface area contributed by atoms with E-state index in [0.29, 0.717) is 5.13 Å². The SMILES string of the molecule is Cc1ccccc1-c1csc(NC(=O)CNC(=O)[C@@H](N)C(C)C)n1.Cl. The van der Waals surface area contributed by atoms with Crippen LogP contribution in [0, 0.1) is 12.8 Å². The van der Waals surface area contributed by atoms with Crippen LogP contribution in [0.3, 0.4) is 0 Å². The number of nitrogens with one attached hydrogen (secondary N) is 2. The Bertz CT molecular complexity index is 733. The van der Waals surface area contributed by atoms with Crippen molar-refractivity contribution in [1.29, 1.82) is 0 Å². The topological polar surface area (TPSA) is 97.1 Å². The molecule has 4 N–H and O–H groups in total. The Labute approximate surface area is 157 Å². The molecule has 0 spiro atoms. The third-order valence-corrected chi connectivity index (χ3v) is 4.37. The van der Waals surface area contributed by atoms with Crippen molar-refractivity contribution < 1.29 is 9.59 Å². The van der Waals surface area contributed by atoms with Crippen LogP contribution in [0.15, 0.2) is 29.6 Å². The third kappa shape index (κ3) is 5.81. The van der Waals surface area contributed by atoms with E-state index < -0.39 is 6.04 Å². The average molecular weight is 383 g/mol. The summed E-state index contributed by atoms with van der Waals surface area (Å²) in [5.74, 6) is -0.645. The van der Waals surface area contributed by atoms with Crippen LogP contribution < -0.4 is 16.4 Å². The summed E-state index contributed by atoms with van der Waals surface area (Å²) in [6.45, 7) is 5.60. The van der Waals surface area contributed by atoms with E-state index in [9.17, 15) is 9.59 Å². The van der Waals surface area contributed by atoms with Gasteiger partial charge < -0.3 is 16.4 Å². The Morgan fingerprint density at radius 3 is 2.60 bits per heavy atom. The van der Waals surface area contributed by atoms with Crippen molar-refractivity contribution in [1.82, 2.24) is 10.3 Å². The van der Waals surface area contributed by atoms with Crippen LogP contribution in [0.5, 0.6) is 0 Å². The number of rotatable bonds is 6. The van der Waals surface area contributed by atoms with Gasteiger partial charge in [-0.3, -0.25) is 9.59 Å². The molecule has 2 amide bonds. The van der Waals surface area contributed by atoms with Crippen molar-refractivity contribution in [3.63, 3.8) is 0 Å². The highest BCUT2D eigenvalue weighted by Gasteiger charge is 2.18. The van der Waals surface area contributed by atoms with Crippen molar-refractivity contribution in [3.8, 4) is 11.3 Å². The fraction of sp³-hybridized carbons (Fsp3) is 0.353. The first-order valence-corrected chi connectivity index (χ1v) is 8.61. The molecular weight excluding hydrogens is 360 g/mol. The summed E-state index contributed by atoms with van der Waals surface area (Å²) < 4.78 is 0. The van der Waals surface area contributed by atoms with Crippen LogP contribution in [-0.4, -0.2) is 29.4 Å². The van der Waals surface area contributed by atoms with E-state index in [2.05, 4.69) is 15.6 Å². The number of carbonyl (C=O) groups is 2. The molecule has 0 aliphatic heterocycles. The molecule has 8 heteroatoms. The first kappa shape index (κ1) is 21.1. The predicted octanol–water partition coefficient (Wildman–Crippen LogP) is 2.58. The average Bonchev–Trinajstić information content (AvgIpc) is 3.00. The predicted molar refractivity (Wildman–Crippen MR) is 104 cm³/mol. The molecule has 0 aliphatic carbocycles. The summed E-state index contributed by atoms with van der Waals surface area (Å²) in [5, 5.41) is 7.61. The number of amides is 2. The smallest absolute Gasteiger partial charge is 0.245 e. The van der Waals surface area contributed by atoms with E-state index in [-0.39, 0.29) is 36.7 Å². The van der Waals surface area contributed by atoms with Gasteiger partial charge in [-0.05, 0) is 18.4 Å². The van der Waals surface area contributed by atoms with Gasteiger partial charge in [0.1, 0.15) is 0 Å². The van der Waals surface area contributed by atoms with E-state index in [1.807, 2.05) is 50.4 Å². The molecule has 0 aliphatic rings. The van der Waals surface area contributed by atoms with Crippen molar-refractivity contribution in [2.24, 2.45) is 11.7 Å². The number of thiazole rings is 1. The lowest BCUT2D eigenvalue weighted by Gasteiger charge is -2.14. The fourth-order valence-corrected chi connectivity index (χ4v) is 2.79. The zero-order chi connectivity index (χ0) is 17.7. The van der Waals surface area contributed by atoms with Crippen LogP contribution in [-0.2, 0) is 9.59 Å². The maximum Gasteiger partial charge on any atom is 0.245 e. The highest BCUT2D eigenvalue weighted by molar-refractivity contribution is 7.14. The normalized spacial score (nSPS) is 11.6. The summed E-state index contributed by atoms with van der Waals surface area (Å²) in [4.78, 5) is 28.1. The van der Waals surface area contributed by atoms with E-state index >= 15 is 0 Å². The Balaban J connectivity index is 0.00000312. The van der Waals surface area contributed by atoms with Gasteiger partial charge in [-0.2, -0.15) is 0 Å². The second kappa shape index (κ2) is 9.50. The molecule has 0 fully saturated rings. The molecule has 1 aromatic carbocycles. The lowest BCUT2D eigenvalue weighted by molar-refractivity contribution is -0.125. The molecule has 1 aromatic heterocycles. The number of aryl methyl sites for hydroxylation is 1. The van der Waals surface area contributed by atoms with Gasteiger partial charge in [-0.25, -0.2) is 4.98 Å². The molecule has 1 heterocycles. The lowest BCUT2D eigenvalue weighted by Crippen LogP contribution is -2.46. The molecule has 0 radical (unpaired) electrons. The summed E-state index contributed by atoms with van der Waals surface area (Å²) >= 11 is 1.35. The minimum absolute atomic E-state index is 0. The van der Waals surface area contributed by atoms with Crippen LogP contribution in [0.4, 0.5) is 5.13 Å². The Kier molecular flexibility index (Phi) is 8.02. The second-order valence-corrected chi connectivity index (χ2v) is 6.75. The van der Waals surface area contributed by atoms with Crippen LogP contribution in [0.2, 0.25) is 0 Å². The summed E-state index contributed by atoms with van der Waals surface area (Å²) in [7, 11) is 0. The maximum atomic E-state index is 11.9. The number of hydrogen-bond acceptors (Lipinski definition) is 5. The minimum Gasteiger partial charge on any atom is -0.346 e. The lowest BCUT2D eigenvalue weighted by atomic mass is 10.1. The number of anilines is 1. The number of halogens is 1. The van der Waals surface area contributed by atoms with Gasteiger partial charge in [0.25, 0.3) is 0 Å². The zero-order valence-corrected chi connectivity index (χ0v) is 16.0. The molecule has 2 rings (SSSR count). The second-order valence-electron chi connectivity index (χ2n) is 5.89. The first-order chi connectivity index (χ1) is 11.4. The highest BCUT2D eigenvalue weighted by Crippen LogP contribution is 2.27. The number of carbonyl (C=O) groups excluding carboxylic acids is 2. The number of nitrogens with two attached hydrogens (primary N) is 1. The molecule has 0 saturated heterocycles. The molecule has 1 atom stereocenters. The number of aromatic nitrogens is 1. The van der Waals surface area contributed by atoms with Gasteiger partial charge in [0.15, 0.2) is 5.13 Å².